The van der Waals surface area contributed by atoms with Crippen LogP contribution in [-0.4, -0.2) is 70.3 Å². The van der Waals surface area contributed by atoms with Crippen molar-refractivity contribution in [2.24, 2.45) is 0 Å². The van der Waals surface area contributed by atoms with Crippen LogP contribution in [0.5, 0.6) is 0 Å². The average molecular weight is 779 g/mol. The van der Waals surface area contributed by atoms with Gasteiger partial charge in [-0.15, -0.1) is 0 Å². The van der Waals surface area contributed by atoms with Crippen LogP contribution in [0.15, 0.2) is 109 Å². The molecule has 2 aromatic carbocycles. The largest absolute Gasteiger partial charge is 0.443 e. The number of benzene rings is 2. The van der Waals surface area contributed by atoms with Crippen LogP contribution in [0.3, 0.4) is 0 Å². The summed E-state index contributed by atoms with van der Waals surface area (Å²) in [6, 6.07) is 27.5. The lowest BCUT2D eigenvalue weighted by molar-refractivity contribution is -0.125. The Hall–Kier alpha value is -5.82. The van der Waals surface area contributed by atoms with Gasteiger partial charge >= 0.3 is 12.2 Å². The minimum atomic E-state index is -0.848. The molecule has 13 nitrogen and oxygen atoms in total. The van der Waals surface area contributed by atoms with Crippen LogP contribution in [0.4, 0.5) is 9.59 Å². The highest BCUT2D eigenvalue weighted by Crippen LogP contribution is 2.32. The number of alkyl carbamates (subject to hydrolysis) is 2. The number of epoxide rings is 1. The van der Waals surface area contributed by atoms with Crippen molar-refractivity contribution in [1.82, 2.24) is 31.2 Å². The van der Waals surface area contributed by atoms with E-state index in [1.807, 2.05) is 74.5 Å². The van der Waals surface area contributed by atoms with Gasteiger partial charge in [0.2, 0.25) is 11.8 Å². The van der Waals surface area contributed by atoms with E-state index in [9.17, 15) is 19.2 Å². The number of pyridine rings is 2. The van der Waals surface area contributed by atoms with Crippen molar-refractivity contribution in [3.63, 3.8) is 0 Å². The molecule has 5 rings (SSSR count). The smallest absolute Gasteiger partial charge is 0.408 e. The Labute approximate surface area is 334 Å². The highest BCUT2D eigenvalue weighted by Gasteiger charge is 2.51. The summed E-state index contributed by atoms with van der Waals surface area (Å²) in [7, 11) is 0. The molecule has 1 saturated heterocycles. The Morgan fingerprint density at radius 2 is 0.982 bits per heavy atom. The molecule has 6 atom stereocenters. The molecule has 0 saturated carbocycles. The summed E-state index contributed by atoms with van der Waals surface area (Å²) < 4.78 is 17.2. The maximum absolute atomic E-state index is 14.0. The minimum absolute atomic E-state index is 0.0291. The van der Waals surface area contributed by atoms with Crippen LogP contribution < -0.4 is 21.3 Å². The molecule has 57 heavy (non-hydrogen) atoms. The first-order valence-corrected chi connectivity index (χ1v) is 19.8. The van der Waals surface area contributed by atoms with E-state index in [-0.39, 0.29) is 25.0 Å². The number of hydrogen-bond acceptors (Lipinski definition) is 9. The van der Waals surface area contributed by atoms with Crippen LogP contribution in [0.2, 0.25) is 0 Å². The van der Waals surface area contributed by atoms with Gasteiger partial charge in [-0.05, 0) is 61.1 Å². The number of aromatic nitrogens is 2. The third-order valence-electron chi connectivity index (χ3n) is 9.67. The van der Waals surface area contributed by atoms with Crippen LogP contribution in [0.1, 0.15) is 74.9 Å². The molecule has 4 aromatic rings. The highest BCUT2D eigenvalue weighted by molar-refractivity contribution is 5.86. The normalized spacial score (nSPS) is 16.5. The van der Waals surface area contributed by atoms with Gasteiger partial charge in [-0.25, -0.2) is 9.59 Å². The van der Waals surface area contributed by atoms with Crippen molar-refractivity contribution in [3.8, 4) is 0 Å². The van der Waals surface area contributed by atoms with Gasteiger partial charge in [-0.1, -0.05) is 112 Å². The summed E-state index contributed by atoms with van der Waals surface area (Å²) in [5.41, 5.74) is 3.16. The second-order valence-corrected chi connectivity index (χ2v) is 14.1. The lowest BCUT2D eigenvalue weighted by atomic mass is 9.95. The first-order valence-electron chi connectivity index (χ1n) is 19.8. The zero-order valence-electron chi connectivity index (χ0n) is 32.7. The Bertz CT molecular complexity index is 1690. The molecule has 0 aliphatic carbocycles. The van der Waals surface area contributed by atoms with Gasteiger partial charge in [0.05, 0.1) is 23.5 Å². The topological polar surface area (TPSA) is 173 Å². The van der Waals surface area contributed by atoms with Gasteiger partial charge in [0.1, 0.15) is 37.5 Å². The van der Waals surface area contributed by atoms with Crippen molar-refractivity contribution < 1.29 is 33.4 Å². The number of unbranched alkanes of at least 4 members (excludes halogenated alkanes) is 2. The molecule has 2 unspecified atom stereocenters. The van der Waals surface area contributed by atoms with E-state index in [4.69, 9.17) is 14.2 Å². The van der Waals surface area contributed by atoms with E-state index in [1.165, 1.54) is 0 Å². The molecule has 302 valence electrons. The van der Waals surface area contributed by atoms with Gasteiger partial charge in [-0.2, -0.15) is 0 Å². The number of ether oxygens (including phenoxy) is 3. The Morgan fingerprint density at radius 3 is 1.35 bits per heavy atom. The van der Waals surface area contributed by atoms with Crippen LogP contribution in [0, 0.1) is 0 Å². The number of hydrogen-bond donors (Lipinski definition) is 4. The maximum Gasteiger partial charge on any atom is 0.408 e. The minimum Gasteiger partial charge on any atom is -0.443 e. The fourth-order valence-electron chi connectivity index (χ4n) is 6.55. The molecule has 0 radical (unpaired) electrons. The van der Waals surface area contributed by atoms with Crippen LogP contribution >= 0.6 is 0 Å². The third kappa shape index (κ3) is 14.3. The van der Waals surface area contributed by atoms with Crippen molar-refractivity contribution in [1.29, 1.82) is 0 Å². The Balaban J connectivity index is 1.30. The summed E-state index contributed by atoms with van der Waals surface area (Å²) in [5.74, 6) is -0.713. The monoisotopic (exact) mass is 778 g/mol. The number of carbonyl (C=O) groups is 4. The molecule has 0 spiro atoms. The lowest BCUT2D eigenvalue weighted by Gasteiger charge is -2.25. The summed E-state index contributed by atoms with van der Waals surface area (Å²) in [6.07, 6.45) is 5.69. The fraction of sp³-hybridized carbons (Fsp3) is 0.409. The fourth-order valence-corrected chi connectivity index (χ4v) is 6.55. The highest BCUT2D eigenvalue weighted by atomic mass is 16.6. The predicted octanol–water partition coefficient (Wildman–Crippen LogP) is 5.97. The zero-order valence-corrected chi connectivity index (χ0v) is 32.7. The number of nitrogens with zero attached hydrogens (tertiary/aromatic N) is 2. The van der Waals surface area contributed by atoms with Gasteiger partial charge in [0, 0.05) is 12.4 Å². The van der Waals surface area contributed by atoms with Gasteiger partial charge in [0.25, 0.3) is 0 Å². The standard InChI is InChI=1S/C44H54N6O7/c1-3-5-23-35(49-43(53)55-29-33-21-13-15-25-45-33)41(51)47-37(27-31-17-9-7-10-18-31)39-40(57-39)38(28-32-19-11-8-12-20-32)48-42(52)36(24-6-4-2)50-44(54)56-30-34-22-14-16-26-46-34/h7-22,25-26,35-40H,3-6,23-24,27-30H2,1-2H3,(H,47,51)(H,48,52)(H,49,53)(H,50,54)/t35?,36?,37-,38-,39-,40+/m0/s1. The van der Waals surface area contributed by atoms with E-state index < -0.39 is 48.6 Å². The molecule has 1 aliphatic rings. The molecule has 1 fully saturated rings. The first-order chi connectivity index (χ1) is 27.8. The van der Waals surface area contributed by atoms with E-state index in [0.29, 0.717) is 49.9 Å². The summed E-state index contributed by atoms with van der Waals surface area (Å²) in [4.78, 5) is 62.1. The summed E-state index contributed by atoms with van der Waals surface area (Å²) in [6.45, 7) is 3.98. The predicted molar refractivity (Wildman–Crippen MR) is 215 cm³/mol. The third-order valence-corrected chi connectivity index (χ3v) is 9.67. The van der Waals surface area contributed by atoms with Crippen molar-refractivity contribution in [3.05, 3.63) is 132 Å². The maximum atomic E-state index is 14.0. The SMILES string of the molecule is CCCCC(NC(=O)OCc1ccccn1)C(=O)N[C@@H](Cc1ccccc1)[C@@H]1O[C@@H]1[C@H](Cc1ccccc1)NC(=O)C(CCCC)NC(=O)OCc1ccccn1. The van der Waals surface area contributed by atoms with Crippen LogP contribution in [-0.2, 0) is 49.9 Å². The van der Waals surface area contributed by atoms with Gasteiger partial charge < -0.3 is 35.5 Å². The van der Waals surface area contributed by atoms with E-state index in [1.54, 1.807) is 48.8 Å². The number of rotatable bonds is 22. The van der Waals surface area contributed by atoms with E-state index >= 15 is 0 Å². The second kappa shape index (κ2) is 22.7. The number of amides is 4. The Kier molecular flexibility index (Phi) is 16.8. The molecule has 4 amide bonds. The lowest BCUT2D eigenvalue weighted by Crippen LogP contribution is -2.54. The molecular weight excluding hydrogens is 725 g/mol. The van der Waals surface area contributed by atoms with E-state index in [2.05, 4.69) is 31.2 Å². The number of carbonyl (C=O) groups excluding carboxylic acids is 4. The van der Waals surface area contributed by atoms with E-state index in [0.717, 1.165) is 24.0 Å². The molecule has 3 heterocycles. The molecule has 2 aromatic heterocycles. The van der Waals surface area contributed by atoms with Gasteiger partial charge in [0.15, 0.2) is 0 Å². The van der Waals surface area contributed by atoms with Crippen molar-refractivity contribution >= 4 is 24.0 Å². The molecule has 0 bridgehead atoms. The van der Waals surface area contributed by atoms with Crippen molar-refractivity contribution in [2.45, 2.75) is 115 Å². The summed E-state index contributed by atoms with van der Waals surface area (Å²) >= 11 is 0. The van der Waals surface area contributed by atoms with Gasteiger partial charge in [-0.3, -0.25) is 19.6 Å². The zero-order chi connectivity index (χ0) is 40.2. The molecular formula is C44H54N6O7. The number of nitrogens with one attached hydrogen (secondary N) is 4. The molecule has 4 N–H and O–H groups in total. The van der Waals surface area contributed by atoms with Crippen molar-refractivity contribution in [2.75, 3.05) is 0 Å². The molecule has 13 heteroatoms. The first kappa shape index (κ1) is 42.3. The quantitative estimate of drug-likeness (QED) is 0.0702. The Morgan fingerprint density at radius 1 is 0.579 bits per heavy atom. The second-order valence-electron chi connectivity index (χ2n) is 14.1. The molecule has 1 aliphatic heterocycles. The average Bonchev–Trinajstić information content (AvgIpc) is 4.04. The van der Waals surface area contributed by atoms with Crippen LogP contribution in [0.25, 0.3) is 0 Å². The summed E-state index contributed by atoms with van der Waals surface area (Å²) in [5, 5.41) is 11.9.